The van der Waals surface area contributed by atoms with Crippen molar-refractivity contribution in [2.24, 2.45) is 0 Å². The summed E-state index contributed by atoms with van der Waals surface area (Å²) in [5, 5.41) is 0.149. The molecule has 2 rings (SSSR count). The number of thiol groups is 1. The molecule has 0 unspecified atom stereocenters. The van der Waals surface area contributed by atoms with Crippen LogP contribution in [0.4, 0.5) is 0 Å². The second kappa shape index (κ2) is 5.84. The minimum Gasteiger partial charge on any atom is -0.400 e. The zero-order valence-electron chi connectivity index (χ0n) is 12.6. The molecular weight excluding hydrogens is 308 g/mol. The quantitative estimate of drug-likeness (QED) is 0.663. The molecule has 1 aromatic heterocycles. The Morgan fingerprint density at radius 1 is 1.38 bits per heavy atom. The molecule has 0 bridgehead atoms. The van der Waals surface area contributed by atoms with Gasteiger partial charge >= 0.3 is 7.12 Å². The van der Waals surface area contributed by atoms with Crippen LogP contribution in [0.3, 0.4) is 0 Å². The standard InChI is InChI=1S/C14H19BClNO3S/c1-13(2)14(3,4)20-15(19-13)10(8-21)5-9-6-11(16)12(18)17-7-9/h5-7,21H,8H2,1-4H3,(H,17,18). The number of aromatic amines is 1. The van der Waals surface area contributed by atoms with Gasteiger partial charge in [-0.1, -0.05) is 17.7 Å². The minimum atomic E-state index is -0.460. The van der Waals surface area contributed by atoms with Crippen molar-refractivity contribution in [3.63, 3.8) is 0 Å². The molecule has 1 aliphatic heterocycles. The second-order valence-electron chi connectivity index (χ2n) is 6.08. The average molecular weight is 328 g/mol. The Morgan fingerprint density at radius 3 is 2.43 bits per heavy atom. The lowest BCUT2D eigenvalue weighted by atomic mass is 9.78. The molecule has 0 saturated carbocycles. The zero-order valence-corrected chi connectivity index (χ0v) is 14.2. The first-order valence-corrected chi connectivity index (χ1v) is 7.72. The molecule has 1 aliphatic rings. The SMILES string of the molecule is CC1(C)OB(C(=Cc2c[nH]c(=O)c(Cl)c2)CS)OC1(C)C. The van der Waals surface area contributed by atoms with Crippen molar-refractivity contribution in [1.82, 2.24) is 4.98 Å². The van der Waals surface area contributed by atoms with Crippen LogP contribution in [-0.4, -0.2) is 29.1 Å². The smallest absolute Gasteiger partial charge is 0.400 e. The van der Waals surface area contributed by atoms with Crippen molar-refractivity contribution in [3.05, 3.63) is 38.7 Å². The van der Waals surface area contributed by atoms with Gasteiger partial charge in [0.2, 0.25) is 0 Å². The monoisotopic (exact) mass is 327 g/mol. The van der Waals surface area contributed by atoms with E-state index in [9.17, 15) is 4.79 Å². The van der Waals surface area contributed by atoms with Crippen LogP contribution in [-0.2, 0) is 9.31 Å². The number of hydrogen-bond donors (Lipinski definition) is 2. The Kier molecular flexibility index (Phi) is 4.64. The lowest BCUT2D eigenvalue weighted by Gasteiger charge is -2.32. The number of pyridine rings is 1. The van der Waals surface area contributed by atoms with E-state index >= 15 is 0 Å². The molecule has 2 heterocycles. The summed E-state index contributed by atoms with van der Waals surface area (Å²) in [5.41, 5.74) is 0.542. The Balaban J connectivity index is 2.30. The van der Waals surface area contributed by atoms with Gasteiger partial charge in [0.15, 0.2) is 0 Å². The van der Waals surface area contributed by atoms with Crippen LogP contribution >= 0.6 is 24.2 Å². The molecule has 0 aliphatic carbocycles. The number of aromatic nitrogens is 1. The Labute approximate surface area is 135 Å². The van der Waals surface area contributed by atoms with Gasteiger partial charge in [-0.05, 0) is 44.8 Å². The van der Waals surface area contributed by atoms with Crippen molar-refractivity contribution in [2.75, 3.05) is 5.75 Å². The maximum Gasteiger partial charge on any atom is 0.491 e. The summed E-state index contributed by atoms with van der Waals surface area (Å²) in [5.74, 6) is 0.480. The van der Waals surface area contributed by atoms with Crippen LogP contribution in [0.2, 0.25) is 5.02 Å². The molecule has 21 heavy (non-hydrogen) atoms. The van der Waals surface area contributed by atoms with Gasteiger partial charge in [0.25, 0.3) is 5.56 Å². The summed E-state index contributed by atoms with van der Waals surface area (Å²) >= 11 is 10.2. The third kappa shape index (κ3) is 3.39. The van der Waals surface area contributed by atoms with E-state index < -0.39 is 18.3 Å². The maximum absolute atomic E-state index is 11.3. The van der Waals surface area contributed by atoms with Gasteiger partial charge in [0.1, 0.15) is 5.02 Å². The van der Waals surface area contributed by atoms with Crippen LogP contribution in [0.1, 0.15) is 33.3 Å². The molecule has 0 amide bonds. The van der Waals surface area contributed by atoms with E-state index in [2.05, 4.69) is 17.6 Å². The van der Waals surface area contributed by atoms with Crippen molar-refractivity contribution in [3.8, 4) is 0 Å². The molecule has 0 radical (unpaired) electrons. The molecule has 7 heteroatoms. The third-order valence-electron chi connectivity index (χ3n) is 3.97. The minimum absolute atomic E-state index is 0.149. The molecule has 1 N–H and O–H groups in total. The van der Waals surface area contributed by atoms with Crippen molar-refractivity contribution >= 4 is 37.4 Å². The zero-order chi connectivity index (χ0) is 15.8. The van der Waals surface area contributed by atoms with Gasteiger partial charge in [-0.25, -0.2) is 0 Å². The maximum atomic E-state index is 11.3. The summed E-state index contributed by atoms with van der Waals surface area (Å²) < 4.78 is 12.0. The van der Waals surface area contributed by atoms with E-state index in [1.807, 2.05) is 33.8 Å². The molecule has 1 aromatic rings. The molecular formula is C14H19BClNO3S. The van der Waals surface area contributed by atoms with E-state index in [0.29, 0.717) is 5.75 Å². The van der Waals surface area contributed by atoms with Crippen molar-refractivity contribution < 1.29 is 9.31 Å². The highest BCUT2D eigenvalue weighted by atomic mass is 35.5. The fourth-order valence-corrected chi connectivity index (χ4v) is 2.37. The predicted molar refractivity (Wildman–Crippen MR) is 90.0 cm³/mol. The molecule has 1 fully saturated rings. The lowest BCUT2D eigenvalue weighted by Crippen LogP contribution is -2.41. The molecule has 114 valence electrons. The summed E-state index contributed by atoms with van der Waals surface area (Å²) in [6.07, 6.45) is 3.47. The third-order valence-corrected chi connectivity index (χ3v) is 4.62. The number of hydrogen-bond acceptors (Lipinski definition) is 4. The topological polar surface area (TPSA) is 51.3 Å². The van der Waals surface area contributed by atoms with Crippen LogP contribution in [0.5, 0.6) is 0 Å². The average Bonchev–Trinajstić information content (AvgIpc) is 2.59. The van der Waals surface area contributed by atoms with Crippen molar-refractivity contribution in [1.29, 1.82) is 0 Å². The van der Waals surface area contributed by atoms with E-state index in [1.54, 1.807) is 12.3 Å². The molecule has 4 nitrogen and oxygen atoms in total. The largest absolute Gasteiger partial charge is 0.491 e. The molecule has 0 aromatic carbocycles. The fourth-order valence-electron chi connectivity index (χ4n) is 1.95. The van der Waals surface area contributed by atoms with Gasteiger partial charge in [-0.15, -0.1) is 0 Å². The normalized spacial score (nSPS) is 20.9. The van der Waals surface area contributed by atoms with Crippen LogP contribution < -0.4 is 5.56 Å². The van der Waals surface area contributed by atoms with Crippen LogP contribution in [0.25, 0.3) is 6.08 Å². The van der Waals surface area contributed by atoms with Gasteiger partial charge in [0, 0.05) is 11.9 Å². The lowest BCUT2D eigenvalue weighted by molar-refractivity contribution is 0.00578. The van der Waals surface area contributed by atoms with Gasteiger partial charge in [-0.2, -0.15) is 12.6 Å². The summed E-state index contributed by atoms with van der Waals surface area (Å²) in [7, 11) is -0.460. The fraction of sp³-hybridized carbons (Fsp3) is 0.500. The van der Waals surface area contributed by atoms with Gasteiger partial charge in [0.05, 0.1) is 11.2 Å². The van der Waals surface area contributed by atoms with Crippen molar-refractivity contribution in [2.45, 2.75) is 38.9 Å². The van der Waals surface area contributed by atoms with Crippen LogP contribution in [0, 0.1) is 0 Å². The van der Waals surface area contributed by atoms with E-state index in [4.69, 9.17) is 20.9 Å². The molecule has 1 saturated heterocycles. The van der Waals surface area contributed by atoms with E-state index in [-0.39, 0.29) is 10.6 Å². The summed E-state index contributed by atoms with van der Waals surface area (Å²) in [6, 6.07) is 1.61. The first-order valence-electron chi connectivity index (χ1n) is 6.71. The second-order valence-corrected chi connectivity index (χ2v) is 6.80. The number of nitrogens with one attached hydrogen (secondary N) is 1. The summed E-state index contributed by atoms with van der Waals surface area (Å²) in [4.78, 5) is 13.9. The first-order chi connectivity index (χ1) is 9.66. The van der Waals surface area contributed by atoms with Gasteiger partial charge in [-0.3, -0.25) is 4.79 Å². The summed E-state index contributed by atoms with van der Waals surface area (Å²) in [6.45, 7) is 8.00. The number of rotatable bonds is 3. The van der Waals surface area contributed by atoms with Crippen LogP contribution in [0.15, 0.2) is 22.5 Å². The van der Waals surface area contributed by atoms with E-state index in [0.717, 1.165) is 11.0 Å². The number of halogens is 1. The highest BCUT2D eigenvalue weighted by Crippen LogP contribution is 2.38. The Bertz CT molecular complexity index is 611. The first kappa shape index (κ1) is 16.7. The molecule has 0 atom stereocenters. The van der Waals surface area contributed by atoms with E-state index in [1.165, 1.54) is 0 Å². The highest BCUT2D eigenvalue weighted by molar-refractivity contribution is 7.80. The Morgan fingerprint density at radius 2 is 1.95 bits per heavy atom. The highest BCUT2D eigenvalue weighted by Gasteiger charge is 2.52. The molecule has 0 spiro atoms. The van der Waals surface area contributed by atoms with Gasteiger partial charge < -0.3 is 14.3 Å². The number of H-pyrrole nitrogens is 1. The predicted octanol–water partition coefficient (Wildman–Crippen LogP) is 2.97. The Hall–Kier alpha value is -0.685.